The third kappa shape index (κ3) is 62.7. The van der Waals surface area contributed by atoms with Gasteiger partial charge >= 0.3 is 0 Å². The predicted molar refractivity (Wildman–Crippen MR) is 46.3 cm³/mol. The van der Waals surface area contributed by atoms with E-state index in [1.807, 2.05) is 6.92 Å². The molecule has 0 bridgehead atoms. The van der Waals surface area contributed by atoms with Crippen LogP contribution in [-0.2, 0) is 10.1 Å². The highest BCUT2D eigenvalue weighted by atomic mass is 32.2. The largest absolute Gasteiger partial charge is 0.286 e. The number of halogens is 6. The maximum Gasteiger partial charge on any atom is 0.264 e. The molecule has 0 aliphatic heterocycles. The Morgan fingerprint density at radius 2 is 1.21 bits per heavy atom. The van der Waals surface area contributed by atoms with Crippen molar-refractivity contribution in [1.82, 2.24) is 0 Å². The Kier molecular flexibility index (Phi) is 81.6. The Labute approximate surface area is 77.8 Å². The number of hydrogen-bond acceptors (Lipinski definition) is 2. The smallest absolute Gasteiger partial charge is 0.264 e. The molecule has 0 saturated carbocycles. The molecular weight excluding hydrogens is 242 g/mol. The Morgan fingerprint density at radius 3 is 1.29 bits per heavy atom. The molecule has 0 aromatic heterocycles. The first kappa shape index (κ1) is 50.0. The first-order valence-electron chi connectivity index (χ1n) is 2.51. The molecule has 0 aromatic carbocycles. The molecule has 0 unspecified atom stereocenters. The molecule has 0 rings (SSSR count). The zero-order valence-electron chi connectivity index (χ0n) is 7.24. The summed E-state index contributed by atoms with van der Waals surface area (Å²) in [7, 11) is -3.69. The van der Waals surface area contributed by atoms with Crippen LogP contribution in [0.4, 0.5) is 28.2 Å². The van der Waals surface area contributed by atoms with Gasteiger partial charge in [0, 0.05) is 0 Å². The van der Waals surface area contributed by atoms with Crippen molar-refractivity contribution in [2.45, 2.75) is 19.8 Å². The van der Waals surface area contributed by atoms with Crippen LogP contribution in [0.25, 0.3) is 0 Å². The summed E-state index contributed by atoms with van der Waals surface area (Å²) in [5.74, 6) is -0.108. The van der Waals surface area contributed by atoms with E-state index < -0.39 is 10.1 Å². The van der Waals surface area contributed by atoms with E-state index in [2.05, 4.69) is 0 Å². The minimum Gasteiger partial charge on any atom is -0.286 e. The van der Waals surface area contributed by atoms with E-state index in [9.17, 15) is 8.42 Å². The Morgan fingerprint density at radius 1 is 0.929 bits per heavy atom. The molecule has 0 aliphatic rings. The van der Waals surface area contributed by atoms with Crippen LogP contribution in [0.5, 0.6) is 0 Å². The molecule has 0 heterocycles. The maximum absolute atomic E-state index is 9.95. The molecule has 0 atom stereocenters. The highest BCUT2D eigenvalue weighted by molar-refractivity contribution is 7.85. The molecule has 14 heavy (non-hydrogen) atoms. The minimum absolute atomic E-state index is 0. The summed E-state index contributed by atoms with van der Waals surface area (Å²) in [6, 6.07) is 0. The van der Waals surface area contributed by atoms with Gasteiger partial charge in [0.05, 0.1) is 5.75 Å². The van der Waals surface area contributed by atoms with Crippen LogP contribution in [0, 0.1) is 0 Å². The zero-order valence-corrected chi connectivity index (χ0v) is 8.06. The van der Waals surface area contributed by atoms with Gasteiger partial charge in [0.25, 0.3) is 10.1 Å². The van der Waals surface area contributed by atoms with Gasteiger partial charge in [0.1, 0.15) is 0 Å². The first-order valence-corrected chi connectivity index (χ1v) is 4.12. The van der Waals surface area contributed by atoms with Gasteiger partial charge in [-0.25, -0.2) is 0 Å². The van der Waals surface area contributed by atoms with Crippen LogP contribution in [0.1, 0.15) is 19.8 Å². The van der Waals surface area contributed by atoms with E-state index >= 15 is 0 Å². The highest BCUT2D eigenvalue weighted by Crippen LogP contribution is 1.90. The second-order valence-electron chi connectivity index (χ2n) is 1.64. The lowest BCUT2D eigenvalue weighted by Gasteiger charge is -1.90. The third-order valence-electron chi connectivity index (χ3n) is 0.756. The lowest BCUT2D eigenvalue weighted by Crippen LogP contribution is -2.02. The highest BCUT2D eigenvalue weighted by Gasteiger charge is 2.00. The van der Waals surface area contributed by atoms with Crippen LogP contribution in [-0.4, -0.2) is 18.7 Å². The van der Waals surface area contributed by atoms with E-state index in [0.29, 0.717) is 6.42 Å². The summed E-state index contributed by atoms with van der Waals surface area (Å²) in [6.07, 6.45) is 1.33. The normalized spacial score (nSPS) is 6.71. The Hall–Kier alpha value is -0.510. The molecule has 0 amide bonds. The summed E-state index contributed by atoms with van der Waals surface area (Å²) in [6.45, 7) is 1.87. The fraction of sp³-hybridized carbons (Fsp3) is 1.00. The SMILES string of the molecule is CCCCS(=O)(=O)O.F.F.F.F.F.F. The van der Waals surface area contributed by atoms with Crippen molar-refractivity contribution >= 4 is 10.1 Å². The van der Waals surface area contributed by atoms with Gasteiger partial charge in [-0.3, -0.25) is 32.8 Å². The van der Waals surface area contributed by atoms with Crippen molar-refractivity contribution < 1.29 is 41.2 Å². The Bertz CT molecular complexity index is 149. The maximum atomic E-state index is 9.95. The van der Waals surface area contributed by atoms with Crippen LogP contribution in [0.2, 0.25) is 0 Å². The van der Waals surface area contributed by atoms with Crippen LogP contribution in [0.3, 0.4) is 0 Å². The molecule has 0 saturated heterocycles. The van der Waals surface area contributed by atoms with E-state index in [1.165, 1.54) is 0 Å². The van der Waals surface area contributed by atoms with Crippen molar-refractivity contribution in [2.75, 3.05) is 5.75 Å². The molecular formula is C4H16F6O3S. The number of unbranched alkanes of at least 4 members (excludes halogenated alkanes) is 1. The lowest BCUT2D eigenvalue weighted by molar-refractivity contribution is 0.480. The predicted octanol–water partition coefficient (Wildman–Crippen LogP) is 1.59. The van der Waals surface area contributed by atoms with Gasteiger partial charge in [-0.1, -0.05) is 13.3 Å². The topological polar surface area (TPSA) is 54.4 Å². The molecule has 98 valence electrons. The van der Waals surface area contributed by atoms with Gasteiger partial charge in [-0.15, -0.1) is 0 Å². The second-order valence-corrected chi connectivity index (χ2v) is 3.21. The zero-order chi connectivity index (χ0) is 6.62. The van der Waals surface area contributed by atoms with Crippen LogP contribution >= 0.6 is 0 Å². The molecule has 0 aromatic rings. The lowest BCUT2D eigenvalue weighted by atomic mass is 10.4. The van der Waals surface area contributed by atoms with E-state index in [-0.39, 0.29) is 34.0 Å². The molecule has 10 heteroatoms. The molecule has 0 radical (unpaired) electrons. The van der Waals surface area contributed by atoms with Crippen molar-refractivity contribution in [3.05, 3.63) is 0 Å². The molecule has 0 spiro atoms. The van der Waals surface area contributed by atoms with Gasteiger partial charge < -0.3 is 0 Å². The molecule has 3 nitrogen and oxygen atoms in total. The van der Waals surface area contributed by atoms with Gasteiger partial charge in [-0.2, -0.15) is 8.42 Å². The van der Waals surface area contributed by atoms with E-state index in [1.54, 1.807) is 0 Å². The van der Waals surface area contributed by atoms with Crippen molar-refractivity contribution in [3.63, 3.8) is 0 Å². The van der Waals surface area contributed by atoms with E-state index in [0.717, 1.165) is 6.42 Å². The molecule has 1 N–H and O–H groups in total. The second kappa shape index (κ2) is 22.9. The summed E-state index contributed by atoms with van der Waals surface area (Å²) < 4.78 is 28.0. The summed E-state index contributed by atoms with van der Waals surface area (Å²) in [4.78, 5) is 0. The van der Waals surface area contributed by atoms with Gasteiger partial charge in [-0.05, 0) is 6.42 Å². The average Bonchev–Trinajstić information content (AvgIpc) is 1.59. The van der Waals surface area contributed by atoms with E-state index in [4.69, 9.17) is 4.55 Å². The molecule has 0 fully saturated rings. The van der Waals surface area contributed by atoms with Gasteiger partial charge in [0.2, 0.25) is 0 Å². The standard InChI is InChI=1S/C4H10O3S.6FH/c1-2-3-4-8(5,6)7;;;;;;/h2-4H2,1H3,(H,5,6,7);6*1H. The fourth-order valence-electron chi connectivity index (χ4n) is 0.327. The summed E-state index contributed by atoms with van der Waals surface area (Å²) >= 11 is 0. The van der Waals surface area contributed by atoms with Crippen molar-refractivity contribution in [1.29, 1.82) is 0 Å². The first-order chi connectivity index (χ1) is 3.56. The summed E-state index contributed by atoms with van der Waals surface area (Å²) in [5.41, 5.74) is 0. The average molecular weight is 258 g/mol. The van der Waals surface area contributed by atoms with Crippen molar-refractivity contribution in [2.24, 2.45) is 0 Å². The number of rotatable bonds is 3. The third-order valence-corrected chi connectivity index (χ3v) is 1.56. The fourth-order valence-corrected chi connectivity index (χ4v) is 0.980. The monoisotopic (exact) mass is 258 g/mol. The van der Waals surface area contributed by atoms with Crippen LogP contribution < -0.4 is 0 Å². The van der Waals surface area contributed by atoms with Gasteiger partial charge in [0.15, 0.2) is 0 Å². The Balaban J connectivity index is -0.0000000163. The number of hydrogen-bond donors (Lipinski definition) is 1. The molecule has 0 aliphatic carbocycles. The van der Waals surface area contributed by atoms with Crippen LogP contribution in [0.15, 0.2) is 0 Å². The quantitative estimate of drug-likeness (QED) is 0.617. The van der Waals surface area contributed by atoms with Crippen molar-refractivity contribution in [3.8, 4) is 0 Å². The minimum atomic E-state index is -3.69. The summed E-state index contributed by atoms with van der Waals surface area (Å²) in [5, 5.41) is 0.